The summed E-state index contributed by atoms with van der Waals surface area (Å²) in [6.45, 7) is 6.28. The highest BCUT2D eigenvalue weighted by molar-refractivity contribution is 4.66. The molecule has 3 nitrogen and oxygen atoms in total. The summed E-state index contributed by atoms with van der Waals surface area (Å²) in [6.07, 6.45) is 23.2. The van der Waals surface area contributed by atoms with E-state index in [4.69, 9.17) is 0 Å². The van der Waals surface area contributed by atoms with Gasteiger partial charge in [-0.05, 0) is 19.3 Å². The molecule has 0 aliphatic rings. The molecule has 0 saturated heterocycles. The van der Waals surface area contributed by atoms with Crippen LogP contribution in [0.5, 0.6) is 0 Å². The molecular weight excluding hydrogens is 296 g/mol. The van der Waals surface area contributed by atoms with Gasteiger partial charge in [0.1, 0.15) is 18.9 Å². The number of aryl methyl sites for hydroxylation is 1. The standard InChI is InChI=1S/C21H41N2O/c1-3-5-7-8-9-10-11-12-13-14-16-22-17-18-23(20-22)19-21(24)15-6-4-2/h17-18,20-21,24H,3-16,19H2,1-2H3/q+1. The maximum Gasteiger partial charge on any atom is 0.243 e. The van der Waals surface area contributed by atoms with E-state index in [0.29, 0.717) is 0 Å². The fraction of sp³-hybridized carbons (Fsp3) is 0.857. The number of aliphatic hydroxyl groups is 1. The van der Waals surface area contributed by atoms with Gasteiger partial charge in [-0.3, -0.25) is 0 Å². The molecule has 0 aromatic carbocycles. The van der Waals surface area contributed by atoms with Crippen molar-refractivity contribution in [1.82, 2.24) is 4.57 Å². The number of rotatable bonds is 16. The van der Waals surface area contributed by atoms with Crippen molar-refractivity contribution in [2.24, 2.45) is 0 Å². The van der Waals surface area contributed by atoms with Gasteiger partial charge in [-0.25, -0.2) is 9.13 Å². The van der Waals surface area contributed by atoms with Gasteiger partial charge in [0.2, 0.25) is 6.33 Å². The average molecular weight is 338 g/mol. The lowest BCUT2D eigenvalue weighted by Crippen LogP contribution is -2.38. The molecule has 140 valence electrons. The van der Waals surface area contributed by atoms with Gasteiger partial charge in [-0.2, -0.15) is 0 Å². The van der Waals surface area contributed by atoms with E-state index in [1.165, 1.54) is 64.2 Å². The van der Waals surface area contributed by atoms with E-state index >= 15 is 0 Å². The minimum atomic E-state index is -0.205. The molecule has 3 heteroatoms. The van der Waals surface area contributed by atoms with E-state index in [9.17, 15) is 5.11 Å². The summed E-state index contributed by atoms with van der Waals surface area (Å²) in [5.41, 5.74) is 0. The third-order valence-electron chi connectivity index (χ3n) is 4.83. The van der Waals surface area contributed by atoms with Crippen molar-refractivity contribution in [1.29, 1.82) is 0 Å². The first-order valence-electron chi connectivity index (χ1n) is 10.5. The van der Waals surface area contributed by atoms with Crippen LogP contribution in [0.2, 0.25) is 0 Å². The van der Waals surface area contributed by atoms with Crippen LogP contribution in [0, 0.1) is 0 Å². The number of hydrogen-bond acceptors (Lipinski definition) is 1. The van der Waals surface area contributed by atoms with E-state index in [0.717, 1.165) is 32.4 Å². The van der Waals surface area contributed by atoms with E-state index in [2.05, 4.69) is 41.7 Å². The average Bonchev–Trinajstić information content (AvgIpc) is 3.02. The van der Waals surface area contributed by atoms with Crippen molar-refractivity contribution < 1.29 is 9.67 Å². The van der Waals surface area contributed by atoms with Gasteiger partial charge in [-0.15, -0.1) is 0 Å². The van der Waals surface area contributed by atoms with Gasteiger partial charge in [0.15, 0.2) is 0 Å². The third kappa shape index (κ3) is 10.9. The van der Waals surface area contributed by atoms with Crippen LogP contribution in [-0.4, -0.2) is 15.8 Å². The van der Waals surface area contributed by atoms with Crippen molar-refractivity contribution in [3.63, 3.8) is 0 Å². The minimum absolute atomic E-state index is 0.205. The molecule has 0 radical (unpaired) electrons. The van der Waals surface area contributed by atoms with Gasteiger partial charge in [0, 0.05) is 0 Å². The molecular formula is C21H41N2O+. The molecule has 1 unspecified atom stereocenters. The Kier molecular flexibility index (Phi) is 12.8. The molecule has 1 rings (SSSR count). The molecule has 1 atom stereocenters. The molecule has 0 fully saturated rings. The zero-order valence-electron chi connectivity index (χ0n) is 16.3. The lowest BCUT2D eigenvalue weighted by Gasteiger charge is -2.06. The quantitative estimate of drug-likeness (QED) is 0.324. The summed E-state index contributed by atoms with van der Waals surface area (Å²) in [4.78, 5) is 0. The lowest BCUT2D eigenvalue weighted by molar-refractivity contribution is -0.703. The molecule has 0 spiro atoms. The number of nitrogens with zero attached hydrogens (tertiary/aromatic N) is 2. The highest BCUT2D eigenvalue weighted by Crippen LogP contribution is 2.10. The number of unbranched alkanes of at least 4 members (excludes halogenated alkanes) is 10. The van der Waals surface area contributed by atoms with Crippen molar-refractivity contribution in [3.05, 3.63) is 18.7 Å². The van der Waals surface area contributed by atoms with E-state index < -0.39 is 0 Å². The first-order chi connectivity index (χ1) is 11.8. The van der Waals surface area contributed by atoms with Gasteiger partial charge in [0.05, 0.1) is 12.6 Å². The molecule has 0 bridgehead atoms. The highest BCUT2D eigenvalue weighted by atomic mass is 16.3. The molecule has 0 aliphatic heterocycles. The van der Waals surface area contributed by atoms with Crippen LogP contribution in [0.4, 0.5) is 0 Å². The Hall–Kier alpha value is -0.830. The van der Waals surface area contributed by atoms with Gasteiger partial charge < -0.3 is 5.11 Å². The Balaban J connectivity index is 1.99. The minimum Gasteiger partial charge on any atom is -0.389 e. The SMILES string of the molecule is CCCCCCCCCCCCn1cc[n+](CC(O)CCCC)c1. The molecule has 0 amide bonds. The number of aromatic nitrogens is 2. The normalized spacial score (nSPS) is 12.6. The molecule has 24 heavy (non-hydrogen) atoms. The van der Waals surface area contributed by atoms with Crippen LogP contribution in [0.25, 0.3) is 0 Å². The largest absolute Gasteiger partial charge is 0.389 e. The first kappa shape index (κ1) is 21.2. The van der Waals surface area contributed by atoms with Gasteiger partial charge in [0.25, 0.3) is 0 Å². The van der Waals surface area contributed by atoms with Crippen LogP contribution in [0.1, 0.15) is 97.3 Å². The van der Waals surface area contributed by atoms with E-state index in [1.54, 1.807) is 0 Å². The maximum atomic E-state index is 9.98. The molecule has 1 aromatic heterocycles. The van der Waals surface area contributed by atoms with Crippen molar-refractivity contribution in [2.75, 3.05) is 0 Å². The van der Waals surface area contributed by atoms with Gasteiger partial charge >= 0.3 is 0 Å². The van der Waals surface area contributed by atoms with Crippen LogP contribution >= 0.6 is 0 Å². The second-order valence-electron chi connectivity index (χ2n) is 7.33. The topological polar surface area (TPSA) is 29.0 Å². The monoisotopic (exact) mass is 337 g/mol. The number of aliphatic hydroxyl groups excluding tert-OH is 1. The Morgan fingerprint density at radius 2 is 1.42 bits per heavy atom. The zero-order chi connectivity index (χ0) is 17.5. The smallest absolute Gasteiger partial charge is 0.243 e. The second kappa shape index (κ2) is 14.5. The summed E-state index contributed by atoms with van der Waals surface area (Å²) in [5, 5.41) is 9.98. The molecule has 0 saturated carbocycles. The molecule has 0 aliphatic carbocycles. The van der Waals surface area contributed by atoms with Crippen LogP contribution in [0.15, 0.2) is 18.7 Å². The van der Waals surface area contributed by atoms with Crippen LogP contribution in [0.3, 0.4) is 0 Å². The molecule has 1 N–H and O–H groups in total. The van der Waals surface area contributed by atoms with E-state index in [1.807, 2.05) is 0 Å². The maximum absolute atomic E-state index is 9.98. The van der Waals surface area contributed by atoms with Crippen LogP contribution in [-0.2, 0) is 13.1 Å². The zero-order valence-corrected chi connectivity index (χ0v) is 16.3. The summed E-state index contributed by atoms with van der Waals surface area (Å²) < 4.78 is 4.38. The summed E-state index contributed by atoms with van der Waals surface area (Å²) in [6, 6.07) is 0. The Morgan fingerprint density at radius 1 is 0.833 bits per heavy atom. The van der Waals surface area contributed by atoms with Crippen LogP contribution < -0.4 is 4.57 Å². The summed E-state index contributed by atoms with van der Waals surface area (Å²) in [7, 11) is 0. The third-order valence-corrected chi connectivity index (χ3v) is 4.83. The Labute approximate surface area is 150 Å². The Bertz CT molecular complexity index is 389. The fourth-order valence-corrected chi connectivity index (χ4v) is 3.24. The molecule has 1 aromatic rings. The summed E-state index contributed by atoms with van der Waals surface area (Å²) >= 11 is 0. The predicted molar refractivity (Wildman–Crippen MR) is 102 cm³/mol. The fourth-order valence-electron chi connectivity index (χ4n) is 3.24. The van der Waals surface area contributed by atoms with E-state index in [-0.39, 0.29) is 6.10 Å². The predicted octanol–water partition coefficient (Wildman–Crippen LogP) is 5.25. The second-order valence-corrected chi connectivity index (χ2v) is 7.33. The van der Waals surface area contributed by atoms with Crippen molar-refractivity contribution in [3.8, 4) is 0 Å². The number of hydrogen-bond donors (Lipinski definition) is 1. The Morgan fingerprint density at radius 3 is 2.04 bits per heavy atom. The lowest BCUT2D eigenvalue weighted by atomic mass is 10.1. The highest BCUT2D eigenvalue weighted by Gasteiger charge is 2.09. The van der Waals surface area contributed by atoms with Crippen molar-refractivity contribution >= 4 is 0 Å². The first-order valence-corrected chi connectivity index (χ1v) is 10.5. The van der Waals surface area contributed by atoms with Gasteiger partial charge in [-0.1, -0.05) is 78.1 Å². The summed E-state index contributed by atoms with van der Waals surface area (Å²) in [5.74, 6) is 0. The van der Waals surface area contributed by atoms with Crippen molar-refractivity contribution in [2.45, 2.75) is 117 Å². The number of imidazole rings is 1. The molecule has 1 heterocycles.